The zero-order valence-corrected chi connectivity index (χ0v) is 17.7. The van der Waals surface area contributed by atoms with Crippen molar-refractivity contribution in [2.45, 2.75) is 51.2 Å². The molecule has 0 bridgehead atoms. The quantitative estimate of drug-likeness (QED) is 0.672. The van der Waals surface area contributed by atoms with Crippen molar-refractivity contribution in [3.05, 3.63) is 29.8 Å². The number of β-amino-alcohol motifs (C(OH)–C–C–N with tert-alkyl or cyclic N) is 1. The zero-order chi connectivity index (χ0) is 20.5. The van der Waals surface area contributed by atoms with Gasteiger partial charge in [0.2, 0.25) is 0 Å². The molecule has 0 aliphatic carbocycles. The number of carbonyl (C=O) groups is 1. The molecular formula is C23H36N2O4. The van der Waals surface area contributed by atoms with Crippen molar-refractivity contribution in [2.75, 3.05) is 46.4 Å². The lowest BCUT2D eigenvalue weighted by Gasteiger charge is -2.30. The molecule has 1 N–H and O–H groups in total. The van der Waals surface area contributed by atoms with Gasteiger partial charge in [-0.05, 0) is 69.6 Å². The van der Waals surface area contributed by atoms with Crippen molar-refractivity contribution in [2.24, 2.45) is 5.92 Å². The zero-order valence-electron chi connectivity index (χ0n) is 17.7. The van der Waals surface area contributed by atoms with Crippen LogP contribution in [0.25, 0.3) is 0 Å². The lowest BCUT2D eigenvalue weighted by Crippen LogP contribution is -2.36. The van der Waals surface area contributed by atoms with E-state index >= 15 is 0 Å². The van der Waals surface area contributed by atoms with Crippen LogP contribution < -0.4 is 4.74 Å². The second-order valence-electron chi connectivity index (χ2n) is 8.40. The number of hydrogen-bond acceptors (Lipinski definition) is 6. The highest BCUT2D eigenvalue weighted by Crippen LogP contribution is 2.22. The van der Waals surface area contributed by atoms with Gasteiger partial charge in [0.05, 0.1) is 13.0 Å². The van der Waals surface area contributed by atoms with Gasteiger partial charge in [0.25, 0.3) is 0 Å². The molecule has 2 fully saturated rings. The van der Waals surface area contributed by atoms with Gasteiger partial charge in [0.15, 0.2) is 0 Å². The number of esters is 1. The Bertz CT molecular complexity index is 623. The van der Waals surface area contributed by atoms with Crippen LogP contribution in [0, 0.1) is 5.92 Å². The maximum Gasteiger partial charge on any atom is 0.308 e. The van der Waals surface area contributed by atoms with Gasteiger partial charge in [0, 0.05) is 13.1 Å². The summed E-state index contributed by atoms with van der Waals surface area (Å²) < 4.78 is 10.7. The molecule has 3 rings (SSSR count). The van der Waals surface area contributed by atoms with E-state index in [1.807, 2.05) is 12.1 Å². The molecule has 6 heteroatoms. The van der Waals surface area contributed by atoms with Crippen LogP contribution in [0.3, 0.4) is 0 Å². The Hall–Kier alpha value is -1.63. The number of ether oxygens (including phenoxy) is 2. The number of nitrogens with zero attached hydrogens (tertiary/aromatic N) is 2. The van der Waals surface area contributed by atoms with E-state index in [9.17, 15) is 9.90 Å². The van der Waals surface area contributed by atoms with Gasteiger partial charge in [0.1, 0.15) is 18.5 Å². The van der Waals surface area contributed by atoms with Crippen LogP contribution in [0.1, 0.15) is 44.1 Å². The number of likely N-dealkylation sites (tertiary alicyclic amines) is 2. The van der Waals surface area contributed by atoms with Gasteiger partial charge in [-0.15, -0.1) is 0 Å². The molecule has 29 heavy (non-hydrogen) atoms. The second-order valence-corrected chi connectivity index (χ2v) is 8.40. The molecule has 2 aliphatic rings. The van der Waals surface area contributed by atoms with E-state index in [1.165, 1.54) is 38.4 Å². The summed E-state index contributed by atoms with van der Waals surface area (Å²) >= 11 is 0. The number of hydrogen-bond donors (Lipinski definition) is 1. The van der Waals surface area contributed by atoms with E-state index < -0.39 is 6.10 Å². The van der Waals surface area contributed by atoms with Crippen LogP contribution in [0.2, 0.25) is 0 Å². The minimum atomic E-state index is -0.464. The van der Waals surface area contributed by atoms with Crippen molar-refractivity contribution in [1.82, 2.24) is 9.80 Å². The average Bonchev–Trinajstić information content (AvgIpc) is 3.01. The molecule has 2 aliphatic heterocycles. The minimum absolute atomic E-state index is 0.0385. The van der Waals surface area contributed by atoms with Gasteiger partial charge < -0.3 is 19.5 Å². The highest BCUT2D eigenvalue weighted by atomic mass is 16.5. The molecule has 2 heterocycles. The Labute approximate surface area is 174 Å². The standard InChI is InChI=1S/C23H36N2O4/c1-28-23(27)20-9-13-25(14-10-20)16-19-7-6-8-22(15-19)29-18-21(26)17-24-11-4-2-3-5-12-24/h6-8,15,20-21,26H,2-5,9-14,16-18H2,1H3/t21-/m1/s1. The molecule has 0 radical (unpaired) electrons. The fraction of sp³-hybridized carbons (Fsp3) is 0.696. The summed E-state index contributed by atoms with van der Waals surface area (Å²) in [6.45, 7) is 5.83. The third kappa shape index (κ3) is 7.28. The first-order valence-corrected chi connectivity index (χ1v) is 11.1. The predicted molar refractivity (Wildman–Crippen MR) is 113 cm³/mol. The molecule has 0 amide bonds. The first-order chi connectivity index (χ1) is 14.1. The van der Waals surface area contributed by atoms with E-state index in [1.54, 1.807) is 0 Å². The Balaban J connectivity index is 1.41. The minimum Gasteiger partial charge on any atom is -0.491 e. The van der Waals surface area contributed by atoms with Gasteiger partial charge in [-0.2, -0.15) is 0 Å². The van der Waals surface area contributed by atoms with Crippen LogP contribution in [0.4, 0.5) is 0 Å². The van der Waals surface area contributed by atoms with E-state index in [0.29, 0.717) is 13.2 Å². The number of carbonyl (C=O) groups excluding carboxylic acids is 1. The molecule has 2 saturated heterocycles. The number of piperidine rings is 1. The maximum atomic E-state index is 11.7. The van der Waals surface area contributed by atoms with Crippen molar-refractivity contribution in [3.63, 3.8) is 0 Å². The molecule has 1 atom stereocenters. The fourth-order valence-corrected chi connectivity index (χ4v) is 4.35. The van der Waals surface area contributed by atoms with Gasteiger partial charge >= 0.3 is 5.97 Å². The van der Waals surface area contributed by atoms with Crippen LogP contribution in [-0.4, -0.2) is 73.4 Å². The Morgan fingerprint density at radius 3 is 2.52 bits per heavy atom. The van der Waals surface area contributed by atoms with E-state index in [0.717, 1.165) is 51.3 Å². The SMILES string of the molecule is COC(=O)C1CCN(Cc2cccc(OC[C@H](O)CN3CCCCCC3)c2)CC1. The summed E-state index contributed by atoms with van der Waals surface area (Å²) in [6.07, 6.45) is 6.30. The first kappa shape index (κ1) is 22.1. The summed E-state index contributed by atoms with van der Waals surface area (Å²) in [5.41, 5.74) is 1.20. The van der Waals surface area contributed by atoms with Crippen LogP contribution in [0.5, 0.6) is 5.75 Å². The highest BCUT2D eigenvalue weighted by Gasteiger charge is 2.25. The van der Waals surface area contributed by atoms with Crippen LogP contribution >= 0.6 is 0 Å². The molecule has 0 aromatic heterocycles. The maximum absolute atomic E-state index is 11.7. The molecule has 0 unspecified atom stereocenters. The average molecular weight is 405 g/mol. The predicted octanol–water partition coefficient (Wildman–Crippen LogP) is 2.69. The van der Waals surface area contributed by atoms with E-state index in [-0.39, 0.29) is 11.9 Å². The number of benzene rings is 1. The van der Waals surface area contributed by atoms with E-state index in [4.69, 9.17) is 9.47 Å². The molecular weight excluding hydrogens is 368 g/mol. The highest BCUT2D eigenvalue weighted by molar-refractivity contribution is 5.72. The summed E-state index contributed by atoms with van der Waals surface area (Å²) in [5, 5.41) is 10.4. The topological polar surface area (TPSA) is 62.2 Å². The van der Waals surface area contributed by atoms with Gasteiger partial charge in [-0.1, -0.05) is 25.0 Å². The van der Waals surface area contributed by atoms with Crippen molar-refractivity contribution in [1.29, 1.82) is 0 Å². The van der Waals surface area contributed by atoms with Gasteiger partial charge in [-0.25, -0.2) is 0 Å². The number of methoxy groups -OCH3 is 1. The third-order valence-corrected chi connectivity index (χ3v) is 6.04. The van der Waals surface area contributed by atoms with Crippen molar-refractivity contribution in [3.8, 4) is 5.75 Å². The normalized spacial score (nSPS) is 20.8. The Kier molecular flexibility index (Phi) is 8.77. The van der Waals surface area contributed by atoms with E-state index in [2.05, 4.69) is 21.9 Å². The van der Waals surface area contributed by atoms with Crippen molar-refractivity contribution < 1.29 is 19.4 Å². The summed E-state index contributed by atoms with van der Waals surface area (Å²) in [5.74, 6) is 0.761. The molecule has 0 spiro atoms. The summed E-state index contributed by atoms with van der Waals surface area (Å²) in [6, 6.07) is 8.12. The molecule has 162 valence electrons. The monoisotopic (exact) mass is 404 g/mol. The Morgan fingerprint density at radius 1 is 1.10 bits per heavy atom. The first-order valence-electron chi connectivity index (χ1n) is 11.1. The molecule has 1 aromatic rings. The van der Waals surface area contributed by atoms with Crippen molar-refractivity contribution >= 4 is 5.97 Å². The second kappa shape index (κ2) is 11.5. The van der Waals surface area contributed by atoms with Gasteiger partial charge in [-0.3, -0.25) is 9.69 Å². The Morgan fingerprint density at radius 2 is 1.83 bits per heavy atom. The number of rotatable bonds is 8. The number of aliphatic hydroxyl groups is 1. The smallest absolute Gasteiger partial charge is 0.308 e. The van der Waals surface area contributed by atoms with Crippen LogP contribution in [0.15, 0.2) is 24.3 Å². The lowest BCUT2D eigenvalue weighted by molar-refractivity contribution is -0.147. The summed E-state index contributed by atoms with van der Waals surface area (Å²) in [7, 11) is 1.46. The molecule has 1 aromatic carbocycles. The summed E-state index contributed by atoms with van der Waals surface area (Å²) in [4.78, 5) is 16.4. The molecule has 6 nitrogen and oxygen atoms in total. The number of aliphatic hydroxyl groups excluding tert-OH is 1. The largest absolute Gasteiger partial charge is 0.491 e. The third-order valence-electron chi connectivity index (χ3n) is 6.04. The van der Waals surface area contributed by atoms with Crippen LogP contribution in [-0.2, 0) is 16.1 Å². The lowest BCUT2D eigenvalue weighted by atomic mass is 9.96. The molecule has 0 saturated carbocycles. The fourth-order valence-electron chi connectivity index (χ4n) is 4.35.